The summed E-state index contributed by atoms with van der Waals surface area (Å²) in [5, 5.41) is 0. The Kier molecular flexibility index (Phi) is 1.66. The maximum atomic E-state index is 4.29. The van der Waals surface area contributed by atoms with E-state index >= 15 is 0 Å². The van der Waals surface area contributed by atoms with Gasteiger partial charge in [-0.15, -0.1) is 11.8 Å². The summed E-state index contributed by atoms with van der Waals surface area (Å²) in [5.74, 6) is 1.88. The van der Waals surface area contributed by atoms with Gasteiger partial charge in [-0.1, -0.05) is 6.08 Å². The van der Waals surface area contributed by atoms with Crippen LogP contribution in [-0.4, -0.2) is 15.7 Å². The topological polar surface area (TPSA) is 25.8 Å². The number of fused-ring (bicyclic) bond motifs is 1. The van der Waals surface area contributed by atoms with Gasteiger partial charge in [0.25, 0.3) is 0 Å². The highest BCUT2D eigenvalue weighted by atomic mass is 32.2. The fourth-order valence-electron chi connectivity index (χ4n) is 1.00. The molecule has 2 rings (SSSR count). The number of hydrogen-bond donors (Lipinski definition) is 0. The van der Waals surface area contributed by atoms with Gasteiger partial charge in [-0.05, 0) is 13.0 Å². The van der Waals surface area contributed by atoms with Gasteiger partial charge < -0.3 is 0 Å². The Labute approximate surface area is 69.8 Å². The van der Waals surface area contributed by atoms with E-state index in [0.717, 1.165) is 17.3 Å². The number of rotatable bonds is 0. The molecule has 0 unspecified atom stereocenters. The minimum absolute atomic E-state index is 0.843. The van der Waals surface area contributed by atoms with Gasteiger partial charge >= 0.3 is 0 Å². The molecular formula is C8H8N2S. The summed E-state index contributed by atoms with van der Waals surface area (Å²) in [6.45, 7) is 1.91. The van der Waals surface area contributed by atoms with E-state index in [4.69, 9.17) is 0 Å². The molecule has 1 aliphatic heterocycles. The summed E-state index contributed by atoms with van der Waals surface area (Å²) in [5.41, 5.74) is 1.06. The van der Waals surface area contributed by atoms with Gasteiger partial charge in [0.05, 0.1) is 10.6 Å². The molecule has 56 valence electrons. The molecule has 0 aromatic carbocycles. The number of hydrogen-bond acceptors (Lipinski definition) is 3. The molecule has 1 aromatic heterocycles. The van der Waals surface area contributed by atoms with Gasteiger partial charge in [0.2, 0.25) is 0 Å². The zero-order valence-electron chi connectivity index (χ0n) is 6.24. The van der Waals surface area contributed by atoms with Crippen LogP contribution in [0.1, 0.15) is 11.5 Å². The maximum Gasteiger partial charge on any atom is 0.125 e. The molecule has 11 heavy (non-hydrogen) atoms. The van der Waals surface area contributed by atoms with Gasteiger partial charge in [-0.2, -0.15) is 0 Å². The first-order valence-electron chi connectivity index (χ1n) is 3.49. The van der Waals surface area contributed by atoms with Gasteiger partial charge in [0.1, 0.15) is 5.82 Å². The van der Waals surface area contributed by atoms with Crippen LogP contribution in [-0.2, 0) is 0 Å². The van der Waals surface area contributed by atoms with E-state index < -0.39 is 0 Å². The lowest BCUT2D eigenvalue weighted by Crippen LogP contribution is -1.95. The van der Waals surface area contributed by atoms with Crippen molar-refractivity contribution in [1.82, 2.24) is 9.97 Å². The predicted molar refractivity (Wildman–Crippen MR) is 46.5 cm³/mol. The standard InChI is InChI=1S/C8H8N2S/c1-6-9-5-8-7(10-6)3-2-4-11-8/h2-3,5H,4H2,1H3. The highest BCUT2D eigenvalue weighted by Gasteiger charge is 2.05. The van der Waals surface area contributed by atoms with Gasteiger partial charge in [-0.25, -0.2) is 9.97 Å². The smallest absolute Gasteiger partial charge is 0.125 e. The molecule has 2 heterocycles. The Morgan fingerprint density at radius 3 is 3.36 bits per heavy atom. The molecule has 1 aliphatic rings. The van der Waals surface area contributed by atoms with Gasteiger partial charge in [0, 0.05) is 11.9 Å². The van der Waals surface area contributed by atoms with Crippen LogP contribution >= 0.6 is 11.8 Å². The maximum absolute atomic E-state index is 4.29. The van der Waals surface area contributed by atoms with Crippen molar-refractivity contribution in [3.63, 3.8) is 0 Å². The van der Waals surface area contributed by atoms with Crippen molar-refractivity contribution in [3.8, 4) is 0 Å². The molecule has 0 atom stereocenters. The zero-order valence-corrected chi connectivity index (χ0v) is 7.06. The third kappa shape index (κ3) is 1.28. The molecule has 0 N–H and O–H groups in total. The first-order valence-corrected chi connectivity index (χ1v) is 4.48. The van der Waals surface area contributed by atoms with Crippen molar-refractivity contribution in [2.24, 2.45) is 0 Å². The second kappa shape index (κ2) is 2.66. The van der Waals surface area contributed by atoms with Gasteiger partial charge in [-0.3, -0.25) is 0 Å². The van der Waals surface area contributed by atoms with Crippen molar-refractivity contribution in [1.29, 1.82) is 0 Å². The Morgan fingerprint density at radius 2 is 2.45 bits per heavy atom. The van der Waals surface area contributed by atoms with Crippen molar-refractivity contribution >= 4 is 17.8 Å². The Morgan fingerprint density at radius 1 is 1.55 bits per heavy atom. The molecule has 0 spiro atoms. The third-order valence-electron chi connectivity index (χ3n) is 1.51. The van der Waals surface area contributed by atoms with Crippen LogP contribution in [0.25, 0.3) is 6.08 Å². The van der Waals surface area contributed by atoms with Crippen LogP contribution in [0.2, 0.25) is 0 Å². The Hall–Kier alpha value is -0.830. The second-order valence-electron chi connectivity index (χ2n) is 2.38. The van der Waals surface area contributed by atoms with Crippen LogP contribution in [0.3, 0.4) is 0 Å². The minimum Gasteiger partial charge on any atom is -0.240 e. The average Bonchev–Trinajstić information content (AvgIpc) is 2.04. The highest BCUT2D eigenvalue weighted by molar-refractivity contribution is 7.99. The lowest BCUT2D eigenvalue weighted by Gasteiger charge is -2.07. The summed E-state index contributed by atoms with van der Waals surface area (Å²) in [4.78, 5) is 9.61. The van der Waals surface area contributed by atoms with Crippen molar-refractivity contribution in [3.05, 3.63) is 23.8 Å². The number of aryl methyl sites for hydroxylation is 1. The van der Waals surface area contributed by atoms with E-state index in [2.05, 4.69) is 22.1 Å². The molecule has 0 saturated heterocycles. The summed E-state index contributed by atoms with van der Waals surface area (Å²) in [6, 6.07) is 0. The lowest BCUT2D eigenvalue weighted by atomic mass is 10.3. The number of nitrogens with zero attached hydrogens (tertiary/aromatic N) is 2. The summed E-state index contributed by atoms with van der Waals surface area (Å²) in [7, 11) is 0. The van der Waals surface area contributed by atoms with Crippen LogP contribution < -0.4 is 0 Å². The van der Waals surface area contributed by atoms with Crippen LogP contribution in [0, 0.1) is 6.92 Å². The molecule has 0 radical (unpaired) electrons. The monoisotopic (exact) mass is 164 g/mol. The minimum atomic E-state index is 0.843. The van der Waals surface area contributed by atoms with Crippen molar-refractivity contribution in [2.45, 2.75) is 11.8 Å². The molecular weight excluding hydrogens is 156 g/mol. The van der Waals surface area contributed by atoms with E-state index in [-0.39, 0.29) is 0 Å². The Balaban J connectivity index is 2.54. The Bertz CT molecular complexity index is 307. The van der Waals surface area contributed by atoms with E-state index in [0.29, 0.717) is 0 Å². The fraction of sp³-hybridized carbons (Fsp3) is 0.250. The molecule has 1 aromatic rings. The first kappa shape index (κ1) is 6.85. The quantitative estimate of drug-likeness (QED) is 0.585. The van der Waals surface area contributed by atoms with Crippen LogP contribution in [0.5, 0.6) is 0 Å². The van der Waals surface area contributed by atoms with E-state index in [1.54, 1.807) is 11.8 Å². The van der Waals surface area contributed by atoms with Crippen LogP contribution in [0.15, 0.2) is 17.2 Å². The van der Waals surface area contributed by atoms with E-state index in [1.165, 1.54) is 4.90 Å². The summed E-state index contributed by atoms with van der Waals surface area (Å²) < 4.78 is 0. The summed E-state index contributed by atoms with van der Waals surface area (Å²) in [6.07, 6.45) is 6.08. The largest absolute Gasteiger partial charge is 0.240 e. The lowest BCUT2D eigenvalue weighted by molar-refractivity contribution is 0.993. The second-order valence-corrected chi connectivity index (χ2v) is 3.44. The highest BCUT2D eigenvalue weighted by Crippen LogP contribution is 2.25. The van der Waals surface area contributed by atoms with Crippen molar-refractivity contribution in [2.75, 3.05) is 5.75 Å². The first-order chi connectivity index (χ1) is 5.36. The molecule has 2 nitrogen and oxygen atoms in total. The fourth-order valence-corrected chi connectivity index (χ4v) is 1.77. The summed E-state index contributed by atoms with van der Waals surface area (Å²) >= 11 is 1.79. The molecule has 0 bridgehead atoms. The number of aromatic nitrogens is 2. The molecule has 0 amide bonds. The van der Waals surface area contributed by atoms with E-state index in [9.17, 15) is 0 Å². The third-order valence-corrected chi connectivity index (χ3v) is 2.50. The van der Waals surface area contributed by atoms with Gasteiger partial charge in [0.15, 0.2) is 0 Å². The molecule has 3 heteroatoms. The SMILES string of the molecule is Cc1ncc2c(n1)C=CCS2. The average molecular weight is 164 g/mol. The normalized spacial score (nSPS) is 14.6. The number of thioether (sulfide) groups is 1. The molecule has 0 fully saturated rings. The zero-order chi connectivity index (χ0) is 7.68. The van der Waals surface area contributed by atoms with E-state index in [1.807, 2.05) is 13.1 Å². The van der Waals surface area contributed by atoms with Crippen LogP contribution in [0.4, 0.5) is 0 Å². The predicted octanol–water partition coefficient (Wildman–Crippen LogP) is 1.90. The molecule has 0 aliphatic carbocycles. The molecule has 0 saturated carbocycles. The van der Waals surface area contributed by atoms with Crippen molar-refractivity contribution < 1.29 is 0 Å².